The SMILES string of the molecule is Nc1cc(C(=O)N2CCC3(CCC(=O)N(Cc4ccccn4)C3)CC2)[nH]n1. The van der Waals surface area contributed by atoms with E-state index >= 15 is 0 Å². The largest absolute Gasteiger partial charge is 0.382 e. The van der Waals surface area contributed by atoms with Crippen LogP contribution in [-0.4, -0.2) is 56.4 Å². The fraction of sp³-hybridized carbons (Fsp3) is 0.474. The Morgan fingerprint density at radius 3 is 2.74 bits per heavy atom. The average molecular weight is 368 g/mol. The molecule has 4 heterocycles. The molecule has 0 radical (unpaired) electrons. The van der Waals surface area contributed by atoms with Gasteiger partial charge >= 0.3 is 0 Å². The highest BCUT2D eigenvalue weighted by Crippen LogP contribution is 2.40. The molecule has 2 amide bonds. The number of H-pyrrole nitrogens is 1. The molecule has 2 fully saturated rings. The summed E-state index contributed by atoms with van der Waals surface area (Å²) in [5, 5.41) is 6.52. The number of carbonyl (C=O) groups is 2. The van der Waals surface area contributed by atoms with E-state index in [-0.39, 0.29) is 17.2 Å². The van der Waals surface area contributed by atoms with E-state index in [9.17, 15) is 9.59 Å². The third-order valence-corrected chi connectivity index (χ3v) is 5.77. The Hall–Kier alpha value is -2.90. The Bertz CT molecular complexity index is 826. The number of hydrogen-bond donors (Lipinski definition) is 2. The van der Waals surface area contributed by atoms with Crippen molar-refractivity contribution in [2.24, 2.45) is 5.41 Å². The normalized spacial score (nSPS) is 19.5. The number of rotatable bonds is 3. The van der Waals surface area contributed by atoms with Gasteiger partial charge in [-0.25, -0.2) is 0 Å². The average Bonchev–Trinajstić information content (AvgIpc) is 3.12. The molecule has 2 saturated heterocycles. The lowest BCUT2D eigenvalue weighted by Crippen LogP contribution is -2.52. The Balaban J connectivity index is 1.39. The van der Waals surface area contributed by atoms with Crippen LogP contribution in [0.5, 0.6) is 0 Å². The van der Waals surface area contributed by atoms with Crippen molar-refractivity contribution >= 4 is 17.6 Å². The molecular weight excluding hydrogens is 344 g/mol. The van der Waals surface area contributed by atoms with Crippen molar-refractivity contribution in [2.75, 3.05) is 25.4 Å². The second-order valence-corrected chi connectivity index (χ2v) is 7.57. The van der Waals surface area contributed by atoms with Crippen LogP contribution in [0.2, 0.25) is 0 Å². The molecule has 0 saturated carbocycles. The summed E-state index contributed by atoms with van der Waals surface area (Å²) in [5.74, 6) is 0.451. The van der Waals surface area contributed by atoms with Crippen molar-refractivity contribution in [3.63, 3.8) is 0 Å². The molecule has 4 rings (SSSR count). The second-order valence-electron chi connectivity index (χ2n) is 7.57. The topological polar surface area (TPSA) is 108 Å². The zero-order chi connectivity index (χ0) is 18.9. The third kappa shape index (κ3) is 3.65. The highest BCUT2D eigenvalue weighted by Gasteiger charge is 2.42. The van der Waals surface area contributed by atoms with Crippen molar-refractivity contribution in [1.82, 2.24) is 25.0 Å². The fourth-order valence-corrected chi connectivity index (χ4v) is 4.14. The van der Waals surface area contributed by atoms with E-state index < -0.39 is 0 Å². The van der Waals surface area contributed by atoms with Gasteiger partial charge in [0.2, 0.25) is 5.91 Å². The van der Waals surface area contributed by atoms with Gasteiger partial charge in [-0.2, -0.15) is 5.10 Å². The minimum atomic E-state index is -0.0636. The van der Waals surface area contributed by atoms with Crippen LogP contribution in [0.4, 0.5) is 5.82 Å². The number of aromatic nitrogens is 3. The van der Waals surface area contributed by atoms with Crippen molar-refractivity contribution < 1.29 is 9.59 Å². The van der Waals surface area contributed by atoms with Crippen LogP contribution in [0.3, 0.4) is 0 Å². The maximum Gasteiger partial charge on any atom is 0.271 e. The summed E-state index contributed by atoms with van der Waals surface area (Å²) in [4.78, 5) is 33.1. The molecular formula is C19H24N6O2. The smallest absolute Gasteiger partial charge is 0.271 e. The number of nitrogens with one attached hydrogen (secondary N) is 1. The van der Waals surface area contributed by atoms with Gasteiger partial charge in [0.05, 0.1) is 12.2 Å². The maximum absolute atomic E-state index is 12.6. The summed E-state index contributed by atoms with van der Waals surface area (Å²) in [6.07, 6.45) is 5.01. The standard InChI is InChI=1S/C19H24N6O2/c20-16-11-15(22-23-16)18(27)24-9-6-19(7-10-24)5-4-17(26)25(13-19)12-14-3-1-2-8-21-14/h1-3,8,11H,4-7,9-10,12-13H2,(H3,20,22,23). The van der Waals surface area contributed by atoms with E-state index in [0.717, 1.165) is 31.5 Å². The zero-order valence-electron chi connectivity index (χ0n) is 15.2. The van der Waals surface area contributed by atoms with Gasteiger partial charge in [-0.05, 0) is 36.8 Å². The number of aromatic amines is 1. The molecule has 3 N–H and O–H groups in total. The first kappa shape index (κ1) is 17.5. The Labute approximate surface area is 157 Å². The molecule has 27 heavy (non-hydrogen) atoms. The summed E-state index contributed by atoms with van der Waals surface area (Å²) in [7, 11) is 0. The number of nitrogen functional groups attached to an aromatic ring is 1. The molecule has 1 spiro atoms. The predicted molar refractivity (Wildman–Crippen MR) is 99.5 cm³/mol. The molecule has 142 valence electrons. The summed E-state index contributed by atoms with van der Waals surface area (Å²) < 4.78 is 0. The van der Waals surface area contributed by atoms with Crippen molar-refractivity contribution in [1.29, 1.82) is 0 Å². The van der Waals surface area contributed by atoms with Gasteiger partial charge in [-0.15, -0.1) is 0 Å². The Morgan fingerprint density at radius 2 is 2.07 bits per heavy atom. The lowest BCUT2D eigenvalue weighted by molar-refractivity contribution is -0.139. The fourth-order valence-electron chi connectivity index (χ4n) is 4.14. The van der Waals surface area contributed by atoms with Crippen LogP contribution >= 0.6 is 0 Å². The van der Waals surface area contributed by atoms with Crippen LogP contribution in [-0.2, 0) is 11.3 Å². The Kier molecular flexibility index (Phi) is 4.55. The number of hydrogen-bond acceptors (Lipinski definition) is 5. The molecule has 2 aliphatic heterocycles. The van der Waals surface area contributed by atoms with Crippen LogP contribution < -0.4 is 5.73 Å². The van der Waals surface area contributed by atoms with E-state index in [1.165, 1.54) is 0 Å². The minimum Gasteiger partial charge on any atom is -0.382 e. The van der Waals surface area contributed by atoms with Gasteiger partial charge in [-0.1, -0.05) is 6.07 Å². The van der Waals surface area contributed by atoms with Crippen LogP contribution in [0.15, 0.2) is 30.5 Å². The minimum absolute atomic E-state index is 0.0636. The van der Waals surface area contributed by atoms with E-state index in [1.807, 2.05) is 28.0 Å². The number of likely N-dealkylation sites (tertiary alicyclic amines) is 2. The summed E-state index contributed by atoms with van der Waals surface area (Å²) in [6, 6.07) is 7.34. The molecule has 0 atom stereocenters. The molecule has 0 unspecified atom stereocenters. The first-order valence-corrected chi connectivity index (χ1v) is 9.33. The van der Waals surface area contributed by atoms with Crippen molar-refractivity contribution in [2.45, 2.75) is 32.2 Å². The van der Waals surface area contributed by atoms with Crippen molar-refractivity contribution in [3.05, 3.63) is 41.9 Å². The summed E-state index contributed by atoms with van der Waals surface area (Å²) in [5.41, 5.74) is 7.02. The molecule has 0 aromatic carbocycles. The van der Waals surface area contributed by atoms with Crippen molar-refractivity contribution in [3.8, 4) is 0 Å². The van der Waals surface area contributed by atoms with E-state index in [2.05, 4.69) is 15.2 Å². The zero-order valence-corrected chi connectivity index (χ0v) is 15.2. The number of nitrogens with zero attached hydrogens (tertiary/aromatic N) is 4. The predicted octanol–water partition coefficient (Wildman–Crippen LogP) is 1.43. The highest BCUT2D eigenvalue weighted by atomic mass is 16.2. The quantitative estimate of drug-likeness (QED) is 0.852. The third-order valence-electron chi connectivity index (χ3n) is 5.77. The summed E-state index contributed by atoms with van der Waals surface area (Å²) in [6.45, 7) is 2.66. The first-order chi connectivity index (χ1) is 13.0. The van der Waals surface area contributed by atoms with E-state index in [4.69, 9.17) is 5.73 Å². The Morgan fingerprint density at radius 1 is 1.26 bits per heavy atom. The van der Waals surface area contributed by atoms with E-state index in [1.54, 1.807) is 12.3 Å². The lowest BCUT2D eigenvalue weighted by atomic mass is 9.72. The monoisotopic (exact) mass is 368 g/mol. The highest BCUT2D eigenvalue weighted by molar-refractivity contribution is 5.93. The molecule has 2 aliphatic rings. The molecule has 2 aromatic heterocycles. The molecule has 2 aromatic rings. The van der Waals surface area contributed by atoms with Crippen LogP contribution in [0.1, 0.15) is 41.9 Å². The number of nitrogens with two attached hydrogens (primary N) is 1. The number of pyridine rings is 1. The number of amides is 2. The van der Waals surface area contributed by atoms with Crippen LogP contribution in [0.25, 0.3) is 0 Å². The number of carbonyl (C=O) groups excluding carboxylic acids is 2. The second kappa shape index (κ2) is 7.02. The van der Waals surface area contributed by atoms with E-state index in [0.29, 0.717) is 37.6 Å². The lowest BCUT2D eigenvalue weighted by Gasteiger charge is -2.47. The van der Waals surface area contributed by atoms with Gasteiger partial charge in [0.15, 0.2) is 0 Å². The molecule has 8 heteroatoms. The molecule has 0 bridgehead atoms. The van der Waals surface area contributed by atoms with Gasteiger partial charge in [-0.3, -0.25) is 19.7 Å². The van der Waals surface area contributed by atoms with Gasteiger partial charge in [0.1, 0.15) is 11.5 Å². The number of anilines is 1. The molecule has 0 aliphatic carbocycles. The van der Waals surface area contributed by atoms with Crippen LogP contribution in [0, 0.1) is 5.41 Å². The summed E-state index contributed by atoms with van der Waals surface area (Å²) >= 11 is 0. The van der Waals surface area contributed by atoms with Gasteiger partial charge in [0.25, 0.3) is 5.91 Å². The molecule has 8 nitrogen and oxygen atoms in total. The number of piperidine rings is 2. The maximum atomic E-state index is 12.6. The van der Waals surface area contributed by atoms with Gasteiger partial charge < -0.3 is 15.5 Å². The van der Waals surface area contributed by atoms with Gasteiger partial charge in [0, 0.05) is 38.3 Å². The first-order valence-electron chi connectivity index (χ1n) is 9.33.